The molecule has 5 nitrogen and oxygen atoms in total. The van der Waals surface area contributed by atoms with Crippen LogP contribution in [0.1, 0.15) is 24.1 Å². The fraction of sp³-hybridized carbons (Fsp3) is 0.333. The average molecular weight is 348 g/mol. The smallest absolute Gasteiger partial charge is 0.226 e. The predicted octanol–water partition coefficient (Wildman–Crippen LogP) is 3.49. The van der Waals surface area contributed by atoms with Crippen molar-refractivity contribution in [2.45, 2.75) is 32.0 Å². The van der Waals surface area contributed by atoms with Crippen LogP contribution in [-0.2, 0) is 13.1 Å². The Kier molecular flexibility index (Phi) is 5.38. The molecule has 2 aromatic heterocycles. The zero-order valence-electron chi connectivity index (χ0n) is 14.8. The van der Waals surface area contributed by atoms with E-state index in [0.29, 0.717) is 11.9 Å². The largest absolute Gasteiger partial charge is 0.444 e. The molecule has 0 saturated carbocycles. The molecule has 1 aliphatic heterocycles. The third kappa shape index (κ3) is 4.36. The van der Waals surface area contributed by atoms with Gasteiger partial charge in [-0.25, -0.2) is 4.98 Å². The normalized spacial score (nSPS) is 16.0. The molecule has 5 heteroatoms. The van der Waals surface area contributed by atoms with Crippen LogP contribution in [0.3, 0.4) is 0 Å². The van der Waals surface area contributed by atoms with Crippen LogP contribution < -0.4 is 5.32 Å². The SMILES string of the molecule is c1ccc(-c2nc(CN3CCC(NCc4cccnc4)CC3)co2)cc1. The van der Waals surface area contributed by atoms with Crippen molar-refractivity contribution in [3.05, 3.63) is 72.4 Å². The Morgan fingerprint density at radius 3 is 2.69 bits per heavy atom. The summed E-state index contributed by atoms with van der Waals surface area (Å²) < 4.78 is 5.64. The van der Waals surface area contributed by atoms with E-state index >= 15 is 0 Å². The molecule has 0 aliphatic carbocycles. The second kappa shape index (κ2) is 8.25. The lowest BCUT2D eigenvalue weighted by Gasteiger charge is -2.31. The lowest BCUT2D eigenvalue weighted by Crippen LogP contribution is -2.41. The third-order valence-corrected chi connectivity index (χ3v) is 4.86. The van der Waals surface area contributed by atoms with Crippen molar-refractivity contribution in [1.82, 2.24) is 20.2 Å². The standard InChI is InChI=1S/C21H24N4O/c1-2-6-18(7-3-1)21-24-20(16-26-21)15-25-11-8-19(9-12-25)23-14-17-5-4-10-22-13-17/h1-7,10,13,16,19,23H,8-9,11-12,14-15H2. The Hall–Kier alpha value is -2.50. The number of nitrogens with zero attached hydrogens (tertiary/aromatic N) is 3. The summed E-state index contributed by atoms with van der Waals surface area (Å²) in [6, 6.07) is 14.7. The Labute approximate surface area is 154 Å². The van der Waals surface area contributed by atoms with Crippen LogP contribution in [0.2, 0.25) is 0 Å². The molecule has 3 aromatic rings. The summed E-state index contributed by atoms with van der Waals surface area (Å²) in [6.45, 7) is 3.91. The molecule has 134 valence electrons. The van der Waals surface area contributed by atoms with E-state index in [1.165, 1.54) is 5.56 Å². The molecule has 1 fully saturated rings. The monoisotopic (exact) mass is 348 g/mol. The van der Waals surface area contributed by atoms with E-state index in [1.807, 2.05) is 48.8 Å². The Bertz CT molecular complexity index is 795. The molecule has 0 bridgehead atoms. The Morgan fingerprint density at radius 2 is 1.92 bits per heavy atom. The van der Waals surface area contributed by atoms with Crippen molar-refractivity contribution in [2.24, 2.45) is 0 Å². The molecule has 1 aliphatic rings. The Morgan fingerprint density at radius 1 is 1.08 bits per heavy atom. The quantitative estimate of drug-likeness (QED) is 0.739. The van der Waals surface area contributed by atoms with Gasteiger partial charge in [0, 0.05) is 50.2 Å². The van der Waals surface area contributed by atoms with E-state index in [4.69, 9.17) is 4.42 Å². The average Bonchev–Trinajstić information content (AvgIpc) is 3.17. The number of likely N-dealkylation sites (tertiary alicyclic amines) is 1. The van der Waals surface area contributed by atoms with Gasteiger partial charge in [0.2, 0.25) is 5.89 Å². The van der Waals surface area contributed by atoms with Gasteiger partial charge < -0.3 is 9.73 Å². The minimum Gasteiger partial charge on any atom is -0.444 e. The van der Waals surface area contributed by atoms with Crippen LogP contribution >= 0.6 is 0 Å². The van der Waals surface area contributed by atoms with Gasteiger partial charge in [0.25, 0.3) is 0 Å². The van der Waals surface area contributed by atoms with Gasteiger partial charge in [-0.1, -0.05) is 24.3 Å². The van der Waals surface area contributed by atoms with Gasteiger partial charge in [-0.2, -0.15) is 0 Å². The molecule has 0 radical (unpaired) electrons. The molecule has 26 heavy (non-hydrogen) atoms. The van der Waals surface area contributed by atoms with Crippen molar-refractivity contribution < 1.29 is 4.42 Å². The highest BCUT2D eigenvalue weighted by Gasteiger charge is 2.20. The van der Waals surface area contributed by atoms with Crippen molar-refractivity contribution in [2.75, 3.05) is 13.1 Å². The van der Waals surface area contributed by atoms with Gasteiger partial charge in [-0.15, -0.1) is 0 Å². The van der Waals surface area contributed by atoms with Crippen molar-refractivity contribution in [3.63, 3.8) is 0 Å². The maximum Gasteiger partial charge on any atom is 0.226 e. The number of pyridine rings is 1. The molecule has 0 amide bonds. The maximum atomic E-state index is 5.64. The second-order valence-corrected chi connectivity index (χ2v) is 6.80. The molecule has 3 heterocycles. The summed E-state index contributed by atoms with van der Waals surface area (Å²) in [5, 5.41) is 3.65. The van der Waals surface area contributed by atoms with E-state index in [-0.39, 0.29) is 0 Å². The first-order valence-electron chi connectivity index (χ1n) is 9.21. The summed E-state index contributed by atoms with van der Waals surface area (Å²) in [4.78, 5) is 11.3. The van der Waals surface area contributed by atoms with Gasteiger partial charge in [-0.05, 0) is 36.6 Å². The first kappa shape index (κ1) is 16.9. The van der Waals surface area contributed by atoms with E-state index in [9.17, 15) is 0 Å². The zero-order chi connectivity index (χ0) is 17.6. The highest BCUT2D eigenvalue weighted by Crippen LogP contribution is 2.20. The number of benzene rings is 1. The van der Waals surface area contributed by atoms with Crippen molar-refractivity contribution in [1.29, 1.82) is 0 Å². The molecule has 1 aromatic carbocycles. The first-order chi connectivity index (χ1) is 12.9. The van der Waals surface area contributed by atoms with E-state index in [1.54, 1.807) is 6.26 Å². The van der Waals surface area contributed by atoms with E-state index in [2.05, 4.69) is 26.3 Å². The van der Waals surface area contributed by atoms with Crippen LogP contribution in [0.25, 0.3) is 11.5 Å². The van der Waals surface area contributed by atoms with Crippen LogP contribution in [0.15, 0.2) is 65.5 Å². The van der Waals surface area contributed by atoms with Crippen LogP contribution in [0, 0.1) is 0 Å². The molecular weight excluding hydrogens is 324 g/mol. The number of aromatic nitrogens is 2. The Balaban J connectivity index is 1.25. The van der Waals surface area contributed by atoms with Crippen LogP contribution in [0.4, 0.5) is 0 Å². The van der Waals surface area contributed by atoms with Crippen molar-refractivity contribution >= 4 is 0 Å². The number of oxazole rings is 1. The third-order valence-electron chi connectivity index (χ3n) is 4.86. The molecular formula is C21H24N4O. The molecule has 4 rings (SSSR count). The minimum atomic E-state index is 0.573. The summed E-state index contributed by atoms with van der Waals surface area (Å²) in [7, 11) is 0. The first-order valence-corrected chi connectivity index (χ1v) is 9.21. The minimum absolute atomic E-state index is 0.573. The molecule has 0 unspecified atom stereocenters. The number of piperidine rings is 1. The van der Waals surface area contributed by atoms with Gasteiger partial charge in [-0.3, -0.25) is 9.88 Å². The summed E-state index contributed by atoms with van der Waals surface area (Å²) in [6.07, 6.45) is 7.84. The maximum absolute atomic E-state index is 5.64. The summed E-state index contributed by atoms with van der Waals surface area (Å²) >= 11 is 0. The molecule has 1 saturated heterocycles. The van der Waals surface area contributed by atoms with Gasteiger partial charge in [0.1, 0.15) is 6.26 Å². The van der Waals surface area contributed by atoms with E-state index < -0.39 is 0 Å². The zero-order valence-corrected chi connectivity index (χ0v) is 14.8. The number of hydrogen-bond donors (Lipinski definition) is 1. The lowest BCUT2D eigenvalue weighted by molar-refractivity contribution is 0.188. The summed E-state index contributed by atoms with van der Waals surface area (Å²) in [5.74, 6) is 0.702. The predicted molar refractivity (Wildman–Crippen MR) is 101 cm³/mol. The second-order valence-electron chi connectivity index (χ2n) is 6.80. The summed E-state index contributed by atoms with van der Waals surface area (Å²) in [5.41, 5.74) is 3.27. The fourth-order valence-electron chi connectivity index (χ4n) is 3.38. The molecule has 0 atom stereocenters. The van der Waals surface area contributed by atoms with Gasteiger partial charge in [0.05, 0.1) is 5.69 Å². The van der Waals surface area contributed by atoms with E-state index in [0.717, 1.165) is 50.3 Å². The number of rotatable bonds is 6. The highest BCUT2D eigenvalue weighted by atomic mass is 16.3. The molecule has 0 spiro atoms. The molecule has 1 N–H and O–H groups in total. The van der Waals surface area contributed by atoms with Gasteiger partial charge in [0.15, 0.2) is 0 Å². The number of hydrogen-bond acceptors (Lipinski definition) is 5. The van der Waals surface area contributed by atoms with Crippen LogP contribution in [-0.4, -0.2) is 34.0 Å². The van der Waals surface area contributed by atoms with Crippen molar-refractivity contribution in [3.8, 4) is 11.5 Å². The van der Waals surface area contributed by atoms with Crippen LogP contribution in [0.5, 0.6) is 0 Å². The highest BCUT2D eigenvalue weighted by molar-refractivity contribution is 5.52. The topological polar surface area (TPSA) is 54.2 Å². The number of nitrogens with one attached hydrogen (secondary N) is 1. The fourth-order valence-corrected chi connectivity index (χ4v) is 3.38. The lowest BCUT2D eigenvalue weighted by atomic mass is 10.0. The van der Waals surface area contributed by atoms with Gasteiger partial charge >= 0.3 is 0 Å².